The number of aromatic hydroxyl groups is 1. The zero-order chi connectivity index (χ0) is 12.0. The average Bonchev–Trinajstić information content (AvgIpc) is 2.30. The second-order valence-electron chi connectivity index (χ2n) is 2.83. The maximum absolute atomic E-state index is 10.4. The maximum Gasteiger partial charge on any atom is 0.157 e. The van der Waals surface area contributed by atoms with Crippen molar-refractivity contribution in [3.05, 3.63) is 46.2 Å². The third-order valence-corrected chi connectivity index (χ3v) is 1.97. The lowest BCUT2D eigenvalue weighted by Crippen LogP contribution is -1.73. The van der Waals surface area contributed by atoms with Gasteiger partial charge < -0.3 is 10.3 Å². The number of nitrogens with zero attached hydrogens (tertiary/aromatic N) is 2. The lowest BCUT2D eigenvalue weighted by atomic mass is 10.1. The van der Waals surface area contributed by atoms with Crippen molar-refractivity contribution < 1.29 is 10.3 Å². The fraction of sp³-hybridized carbons (Fsp3) is 0. The molecule has 0 amide bonds. The summed E-state index contributed by atoms with van der Waals surface area (Å²) in [7, 11) is 0. The average molecular weight is 220 g/mol. The fourth-order valence-electron chi connectivity index (χ4n) is 1.34. The molecule has 0 aliphatic heterocycles. The van der Waals surface area contributed by atoms with Crippen molar-refractivity contribution in [3.63, 3.8) is 0 Å². The van der Waals surface area contributed by atoms with Gasteiger partial charge in [0.15, 0.2) is 11.0 Å². The molecule has 0 saturated carbocycles. The molecule has 16 heavy (non-hydrogen) atoms. The first-order valence-corrected chi connectivity index (χ1v) is 4.25. The molecule has 0 atom stereocenters. The Bertz CT molecular complexity index is 513. The summed E-state index contributed by atoms with van der Waals surface area (Å²) < 4.78 is 0. The number of phenols is 1. The van der Waals surface area contributed by atoms with Crippen molar-refractivity contribution in [1.29, 1.82) is 0 Å². The van der Waals surface area contributed by atoms with Crippen molar-refractivity contribution in [2.45, 2.75) is 0 Å². The largest absolute Gasteiger partial charge is 0.506 e. The molecule has 0 saturated heterocycles. The van der Waals surface area contributed by atoms with Crippen LogP contribution < -0.4 is 0 Å². The molecule has 0 spiro atoms. The number of hydrogen-bond donors (Lipinski definition) is 2. The molecule has 0 aliphatic rings. The van der Waals surface area contributed by atoms with Crippen LogP contribution in [0.25, 0.3) is 10.8 Å². The van der Waals surface area contributed by atoms with E-state index in [1.54, 1.807) is 18.2 Å². The number of benzene rings is 2. The number of fused-ring (bicyclic) bond motifs is 1. The Balaban J connectivity index is 0.000000386. The molecule has 0 radical (unpaired) electrons. The molecule has 2 N–H and O–H groups in total. The summed E-state index contributed by atoms with van der Waals surface area (Å²) >= 11 is 0. The summed E-state index contributed by atoms with van der Waals surface area (Å²) in [6.45, 7) is 0. The number of rotatable bonds is 1. The van der Waals surface area contributed by atoms with E-state index in [-0.39, 0.29) is 11.4 Å². The smallest absolute Gasteiger partial charge is 0.157 e. The van der Waals surface area contributed by atoms with Crippen LogP contribution in [-0.2, 0) is 0 Å². The predicted octanol–water partition coefficient (Wildman–Crippen LogP) is 3.09. The summed E-state index contributed by atoms with van der Waals surface area (Å²) in [5, 5.41) is 21.6. The molecular formula is C10H8N2O4. The van der Waals surface area contributed by atoms with Gasteiger partial charge in [0.25, 0.3) is 0 Å². The van der Waals surface area contributed by atoms with Crippen LogP contribution in [-0.4, -0.2) is 10.3 Å². The van der Waals surface area contributed by atoms with Crippen LogP contribution >= 0.6 is 0 Å². The Hall–Kier alpha value is -2.50. The highest BCUT2D eigenvalue weighted by molar-refractivity contribution is 5.95. The predicted molar refractivity (Wildman–Crippen MR) is 58.6 cm³/mol. The van der Waals surface area contributed by atoms with Gasteiger partial charge in [-0.05, 0) is 16.6 Å². The van der Waals surface area contributed by atoms with Crippen molar-refractivity contribution in [3.8, 4) is 5.75 Å². The molecular weight excluding hydrogens is 212 g/mol. The van der Waals surface area contributed by atoms with E-state index in [4.69, 9.17) is 10.1 Å². The zero-order valence-electron chi connectivity index (χ0n) is 8.07. The Labute approximate surface area is 90.1 Å². The van der Waals surface area contributed by atoms with Gasteiger partial charge in [0.05, 0.1) is 0 Å². The van der Waals surface area contributed by atoms with E-state index in [0.29, 0.717) is 5.39 Å². The van der Waals surface area contributed by atoms with Crippen LogP contribution in [0.5, 0.6) is 5.75 Å². The highest BCUT2D eigenvalue weighted by Gasteiger charge is 2.05. The summed E-state index contributed by atoms with van der Waals surface area (Å²) in [6.07, 6.45) is 0. The van der Waals surface area contributed by atoms with Crippen LogP contribution in [0.3, 0.4) is 0 Å². The first-order valence-electron chi connectivity index (χ1n) is 4.25. The number of nitroso groups, excluding NO2 is 1. The Kier molecular flexibility index (Phi) is 3.90. The van der Waals surface area contributed by atoms with Gasteiger partial charge in [-0.1, -0.05) is 30.3 Å². The van der Waals surface area contributed by atoms with Crippen molar-refractivity contribution in [2.24, 2.45) is 10.5 Å². The monoisotopic (exact) mass is 220 g/mol. The van der Waals surface area contributed by atoms with E-state index in [9.17, 15) is 10.0 Å². The summed E-state index contributed by atoms with van der Waals surface area (Å²) in [4.78, 5) is 18.5. The molecule has 0 aromatic heterocycles. The second-order valence-corrected chi connectivity index (χ2v) is 2.83. The second kappa shape index (κ2) is 5.40. The lowest BCUT2D eigenvalue weighted by molar-refractivity contribution is 0.312. The lowest BCUT2D eigenvalue weighted by Gasteiger charge is -2.00. The van der Waals surface area contributed by atoms with E-state index in [1.165, 1.54) is 11.4 Å². The third kappa shape index (κ3) is 2.30. The summed E-state index contributed by atoms with van der Waals surface area (Å²) in [5.74, 6) is -0.0753. The van der Waals surface area contributed by atoms with E-state index < -0.39 is 0 Å². The molecule has 0 fully saturated rings. The molecule has 2 rings (SSSR count). The molecule has 0 unspecified atom stereocenters. The Morgan fingerprint density at radius 1 is 1.00 bits per heavy atom. The molecule has 0 heterocycles. The summed E-state index contributed by atoms with van der Waals surface area (Å²) in [5.41, 5.74) is 0.109. The Morgan fingerprint density at radius 3 is 2.25 bits per heavy atom. The maximum atomic E-state index is 10.4. The van der Waals surface area contributed by atoms with Crippen LogP contribution in [0.2, 0.25) is 0 Å². The molecule has 6 nitrogen and oxygen atoms in total. The zero-order valence-corrected chi connectivity index (χ0v) is 8.07. The van der Waals surface area contributed by atoms with Gasteiger partial charge >= 0.3 is 0 Å². The van der Waals surface area contributed by atoms with Gasteiger partial charge in [-0.15, -0.1) is 9.81 Å². The molecule has 82 valence electrons. The van der Waals surface area contributed by atoms with E-state index >= 15 is 0 Å². The van der Waals surface area contributed by atoms with Crippen LogP contribution in [0, 0.1) is 9.81 Å². The standard InChI is InChI=1S/C10H7NO2.HNO2/c12-9-6-5-7-3-1-2-4-8(7)10(9)11-13;2-1-3/h1-6,12H;(H,2,3). The van der Waals surface area contributed by atoms with Crippen molar-refractivity contribution >= 4 is 16.5 Å². The van der Waals surface area contributed by atoms with Gasteiger partial charge in [-0.25, -0.2) is 0 Å². The highest BCUT2D eigenvalue weighted by atomic mass is 16.6. The molecule has 6 heteroatoms. The quantitative estimate of drug-likeness (QED) is 0.569. The normalized spacial score (nSPS) is 9.00. The van der Waals surface area contributed by atoms with Crippen LogP contribution in [0.4, 0.5) is 5.69 Å². The first kappa shape index (κ1) is 11.6. The van der Waals surface area contributed by atoms with Gasteiger partial charge in [-0.3, -0.25) is 0 Å². The minimum Gasteiger partial charge on any atom is -0.506 e. The first-order chi connectivity index (χ1) is 7.74. The van der Waals surface area contributed by atoms with E-state index in [2.05, 4.69) is 5.18 Å². The molecule has 2 aromatic rings. The fourth-order valence-corrected chi connectivity index (χ4v) is 1.34. The Morgan fingerprint density at radius 2 is 1.62 bits per heavy atom. The minimum absolute atomic E-state index is 0.0753. The van der Waals surface area contributed by atoms with Crippen LogP contribution in [0.1, 0.15) is 0 Å². The van der Waals surface area contributed by atoms with Crippen LogP contribution in [0.15, 0.2) is 46.9 Å². The highest BCUT2D eigenvalue weighted by Crippen LogP contribution is 2.34. The molecule has 2 aromatic carbocycles. The van der Waals surface area contributed by atoms with Gasteiger partial charge in [0, 0.05) is 5.39 Å². The van der Waals surface area contributed by atoms with Crippen molar-refractivity contribution in [2.75, 3.05) is 0 Å². The molecule has 0 bridgehead atoms. The molecule has 0 aliphatic carbocycles. The third-order valence-electron chi connectivity index (χ3n) is 1.97. The number of phenolic OH excluding ortho intramolecular Hbond substituents is 1. The topological polar surface area (TPSA) is 99.3 Å². The number of hydrogen-bond acceptors (Lipinski definition) is 5. The van der Waals surface area contributed by atoms with E-state index in [1.807, 2.05) is 12.1 Å². The van der Waals surface area contributed by atoms with Gasteiger partial charge in [-0.2, -0.15) is 0 Å². The SMILES string of the molecule is O=NO.O=Nc1c(O)ccc2ccccc12. The van der Waals surface area contributed by atoms with Crippen molar-refractivity contribution in [1.82, 2.24) is 0 Å². The van der Waals surface area contributed by atoms with Gasteiger partial charge in [0.1, 0.15) is 5.75 Å². The summed E-state index contributed by atoms with van der Waals surface area (Å²) in [6, 6.07) is 10.5. The van der Waals surface area contributed by atoms with E-state index in [0.717, 1.165) is 5.39 Å². The van der Waals surface area contributed by atoms with Gasteiger partial charge in [0.2, 0.25) is 0 Å². The minimum atomic E-state index is -0.0753.